The molecule has 0 fully saturated rings. The van der Waals surface area contributed by atoms with Gasteiger partial charge < -0.3 is 9.88 Å². The van der Waals surface area contributed by atoms with Crippen LogP contribution in [0.5, 0.6) is 0 Å². The molecule has 2 heterocycles. The standard InChI is InChI=1S/C15H16N4S/c1-10-7-13-14(16-9-10)19(15(20)17-13)12-6-4-5-11(8-12)18(2)3/h4-9H,1-3H3,(H,17,20). The third kappa shape index (κ3) is 2.10. The number of benzene rings is 1. The van der Waals surface area contributed by atoms with Crippen molar-refractivity contribution in [3.8, 4) is 5.69 Å². The zero-order valence-electron chi connectivity index (χ0n) is 11.7. The molecule has 2 aromatic heterocycles. The molecule has 102 valence electrons. The van der Waals surface area contributed by atoms with E-state index in [0.717, 1.165) is 28.1 Å². The largest absolute Gasteiger partial charge is 0.378 e. The summed E-state index contributed by atoms with van der Waals surface area (Å²) < 4.78 is 2.63. The van der Waals surface area contributed by atoms with E-state index in [1.54, 1.807) is 0 Å². The third-order valence-corrected chi connectivity index (χ3v) is 3.55. The lowest BCUT2D eigenvalue weighted by Crippen LogP contribution is -2.09. The minimum Gasteiger partial charge on any atom is -0.378 e. The molecule has 0 aliphatic carbocycles. The molecular weight excluding hydrogens is 268 g/mol. The van der Waals surface area contributed by atoms with Crippen molar-refractivity contribution in [2.75, 3.05) is 19.0 Å². The summed E-state index contributed by atoms with van der Waals surface area (Å²) in [6, 6.07) is 10.3. The van der Waals surface area contributed by atoms with Gasteiger partial charge in [-0.1, -0.05) is 6.07 Å². The van der Waals surface area contributed by atoms with Crippen LogP contribution in [0.1, 0.15) is 5.56 Å². The second kappa shape index (κ2) is 4.76. The number of nitrogens with one attached hydrogen (secondary N) is 1. The van der Waals surface area contributed by atoms with E-state index in [2.05, 4.69) is 33.1 Å². The predicted molar refractivity (Wildman–Crippen MR) is 85.3 cm³/mol. The Kier molecular flexibility index (Phi) is 3.06. The summed E-state index contributed by atoms with van der Waals surface area (Å²) in [4.78, 5) is 9.79. The number of imidazole rings is 1. The van der Waals surface area contributed by atoms with Crippen LogP contribution in [0.25, 0.3) is 16.9 Å². The van der Waals surface area contributed by atoms with Gasteiger partial charge in [-0.05, 0) is 49.0 Å². The molecule has 1 aromatic carbocycles. The lowest BCUT2D eigenvalue weighted by Gasteiger charge is -2.14. The number of nitrogens with zero attached hydrogens (tertiary/aromatic N) is 3. The first kappa shape index (κ1) is 12.9. The molecule has 0 bridgehead atoms. The maximum Gasteiger partial charge on any atom is 0.183 e. The number of anilines is 1. The van der Waals surface area contributed by atoms with Crippen LogP contribution in [0.4, 0.5) is 5.69 Å². The first-order valence-corrected chi connectivity index (χ1v) is 6.82. The minimum atomic E-state index is 0.661. The Bertz CT molecular complexity index is 829. The molecular formula is C15H16N4S. The minimum absolute atomic E-state index is 0.661. The first-order valence-electron chi connectivity index (χ1n) is 6.41. The van der Waals surface area contributed by atoms with Crippen LogP contribution in [0.3, 0.4) is 0 Å². The average Bonchev–Trinajstić information content (AvgIpc) is 2.73. The molecule has 20 heavy (non-hydrogen) atoms. The molecule has 0 radical (unpaired) electrons. The lowest BCUT2D eigenvalue weighted by molar-refractivity contribution is 1.03. The van der Waals surface area contributed by atoms with Crippen LogP contribution in [-0.2, 0) is 0 Å². The molecule has 0 saturated heterocycles. The van der Waals surface area contributed by atoms with Crippen molar-refractivity contribution >= 4 is 29.1 Å². The van der Waals surface area contributed by atoms with E-state index in [1.165, 1.54) is 0 Å². The summed E-state index contributed by atoms with van der Waals surface area (Å²) in [5.74, 6) is 0. The van der Waals surface area contributed by atoms with Gasteiger partial charge in [0.1, 0.15) is 0 Å². The van der Waals surface area contributed by atoms with E-state index in [4.69, 9.17) is 12.2 Å². The van der Waals surface area contributed by atoms with Crippen LogP contribution in [0, 0.1) is 11.7 Å². The van der Waals surface area contributed by atoms with Crippen LogP contribution in [-0.4, -0.2) is 28.6 Å². The monoisotopic (exact) mass is 284 g/mol. The fourth-order valence-electron chi connectivity index (χ4n) is 2.25. The van der Waals surface area contributed by atoms with Gasteiger partial charge in [0.15, 0.2) is 10.4 Å². The molecule has 0 saturated carbocycles. The number of hydrogen-bond donors (Lipinski definition) is 1. The molecule has 3 aromatic rings. The van der Waals surface area contributed by atoms with Crippen molar-refractivity contribution < 1.29 is 0 Å². The average molecular weight is 284 g/mol. The number of rotatable bonds is 2. The normalized spacial score (nSPS) is 10.9. The molecule has 5 heteroatoms. The molecule has 0 aliphatic rings. The SMILES string of the molecule is Cc1cnc2c(c1)[nH]c(=S)n2-c1cccc(N(C)C)c1. The smallest absolute Gasteiger partial charge is 0.183 e. The number of pyridine rings is 1. The Balaban J connectivity index is 2.26. The molecule has 0 amide bonds. The Hall–Kier alpha value is -2.14. The topological polar surface area (TPSA) is 36.9 Å². The van der Waals surface area contributed by atoms with Crippen molar-refractivity contribution in [2.45, 2.75) is 6.92 Å². The van der Waals surface area contributed by atoms with Gasteiger partial charge in [0.2, 0.25) is 0 Å². The van der Waals surface area contributed by atoms with Gasteiger partial charge in [0.05, 0.1) is 11.2 Å². The molecule has 4 nitrogen and oxygen atoms in total. The highest BCUT2D eigenvalue weighted by Crippen LogP contribution is 2.22. The highest BCUT2D eigenvalue weighted by Gasteiger charge is 2.08. The van der Waals surface area contributed by atoms with E-state index in [9.17, 15) is 0 Å². The predicted octanol–water partition coefficient (Wildman–Crippen LogP) is 3.46. The van der Waals surface area contributed by atoms with Crippen LogP contribution in [0.15, 0.2) is 36.5 Å². The fourth-order valence-corrected chi connectivity index (χ4v) is 2.55. The van der Waals surface area contributed by atoms with Crippen LogP contribution >= 0.6 is 12.2 Å². The highest BCUT2D eigenvalue weighted by molar-refractivity contribution is 7.71. The number of aromatic amines is 1. The van der Waals surface area contributed by atoms with Crippen molar-refractivity contribution in [3.63, 3.8) is 0 Å². The number of fused-ring (bicyclic) bond motifs is 1. The Morgan fingerprint density at radius 1 is 1.25 bits per heavy atom. The van der Waals surface area contributed by atoms with Crippen molar-refractivity contribution in [2.24, 2.45) is 0 Å². The maximum atomic E-state index is 5.44. The Labute approximate surface area is 122 Å². The summed E-state index contributed by atoms with van der Waals surface area (Å²) >= 11 is 5.44. The third-order valence-electron chi connectivity index (χ3n) is 3.26. The zero-order valence-corrected chi connectivity index (χ0v) is 12.5. The summed E-state index contributed by atoms with van der Waals surface area (Å²) in [7, 11) is 4.05. The van der Waals surface area contributed by atoms with Crippen molar-refractivity contribution in [1.82, 2.24) is 14.5 Å². The van der Waals surface area contributed by atoms with Gasteiger partial charge >= 0.3 is 0 Å². The van der Waals surface area contributed by atoms with Gasteiger partial charge in [-0.25, -0.2) is 4.98 Å². The molecule has 0 atom stereocenters. The van der Waals surface area contributed by atoms with Crippen molar-refractivity contribution in [1.29, 1.82) is 0 Å². The molecule has 3 rings (SSSR count). The summed E-state index contributed by atoms with van der Waals surface area (Å²) in [5, 5.41) is 0. The molecule has 0 unspecified atom stereocenters. The van der Waals surface area contributed by atoms with Gasteiger partial charge in [-0.15, -0.1) is 0 Å². The number of aromatic nitrogens is 3. The highest BCUT2D eigenvalue weighted by atomic mass is 32.1. The van der Waals surface area contributed by atoms with E-state index in [1.807, 2.05) is 43.9 Å². The van der Waals surface area contributed by atoms with E-state index in [0.29, 0.717) is 4.77 Å². The Morgan fingerprint density at radius 3 is 2.80 bits per heavy atom. The van der Waals surface area contributed by atoms with Gasteiger partial charge in [-0.2, -0.15) is 0 Å². The molecule has 1 N–H and O–H groups in total. The Morgan fingerprint density at radius 2 is 2.05 bits per heavy atom. The van der Waals surface area contributed by atoms with Crippen molar-refractivity contribution in [3.05, 3.63) is 46.9 Å². The summed E-state index contributed by atoms with van der Waals surface area (Å²) in [6.07, 6.45) is 1.86. The quantitative estimate of drug-likeness (QED) is 0.732. The molecule has 0 spiro atoms. The maximum absolute atomic E-state index is 5.44. The summed E-state index contributed by atoms with van der Waals surface area (Å²) in [6.45, 7) is 2.02. The lowest BCUT2D eigenvalue weighted by atomic mass is 10.2. The van der Waals surface area contributed by atoms with Crippen LogP contribution in [0.2, 0.25) is 0 Å². The molecule has 0 aliphatic heterocycles. The van der Waals surface area contributed by atoms with E-state index in [-0.39, 0.29) is 0 Å². The van der Waals surface area contributed by atoms with Gasteiger partial charge in [0.25, 0.3) is 0 Å². The van der Waals surface area contributed by atoms with E-state index < -0.39 is 0 Å². The summed E-state index contributed by atoms with van der Waals surface area (Å²) in [5.41, 5.74) is 5.08. The zero-order chi connectivity index (χ0) is 14.3. The number of aryl methyl sites for hydroxylation is 1. The second-order valence-electron chi connectivity index (χ2n) is 5.06. The fraction of sp³-hybridized carbons (Fsp3) is 0.200. The van der Waals surface area contributed by atoms with E-state index >= 15 is 0 Å². The van der Waals surface area contributed by atoms with Crippen LogP contribution < -0.4 is 4.90 Å². The number of hydrogen-bond acceptors (Lipinski definition) is 3. The second-order valence-corrected chi connectivity index (χ2v) is 5.45. The number of H-pyrrole nitrogens is 1. The first-order chi connectivity index (χ1) is 9.56. The van der Waals surface area contributed by atoms with Gasteiger partial charge in [-0.3, -0.25) is 4.57 Å². The van der Waals surface area contributed by atoms with Gasteiger partial charge in [0, 0.05) is 26.0 Å².